The van der Waals surface area contributed by atoms with Crippen LogP contribution in [-0.4, -0.2) is 52.0 Å². The van der Waals surface area contributed by atoms with Crippen molar-refractivity contribution in [3.8, 4) is 11.5 Å². The van der Waals surface area contributed by atoms with Gasteiger partial charge in [-0.25, -0.2) is 8.42 Å². The molecule has 0 radical (unpaired) electrons. The lowest BCUT2D eigenvalue weighted by Gasteiger charge is -2.12. The van der Waals surface area contributed by atoms with E-state index in [2.05, 4.69) is 10.6 Å². The lowest BCUT2D eigenvalue weighted by atomic mass is 10.1. The van der Waals surface area contributed by atoms with Gasteiger partial charge in [-0.15, -0.1) is 0 Å². The molecule has 2 amide bonds. The molecule has 154 valence electrons. The standard InChI is InChI=1S/C20H22N2O6S/c1-27-17-7-6-14(11-18(17)28-2)20(24)21-15-5-3-4-13(10-15)19(23)22-16-8-9-29(25,26)12-16/h3-7,10-11,16H,8-9,12H2,1-2H3,(H,21,24)(H,22,23)/t16-/m1/s1. The molecule has 1 fully saturated rings. The van der Waals surface area contributed by atoms with E-state index in [1.165, 1.54) is 20.3 Å². The summed E-state index contributed by atoms with van der Waals surface area (Å²) in [5.41, 5.74) is 1.14. The molecule has 2 N–H and O–H groups in total. The van der Waals surface area contributed by atoms with E-state index in [4.69, 9.17) is 9.47 Å². The van der Waals surface area contributed by atoms with Gasteiger partial charge in [0.25, 0.3) is 11.8 Å². The third-order valence-electron chi connectivity index (χ3n) is 4.60. The Balaban J connectivity index is 1.69. The van der Waals surface area contributed by atoms with Crippen molar-refractivity contribution in [1.29, 1.82) is 0 Å². The van der Waals surface area contributed by atoms with Crippen molar-refractivity contribution in [2.45, 2.75) is 12.5 Å². The number of ether oxygens (including phenoxy) is 2. The Labute approximate surface area is 169 Å². The van der Waals surface area contributed by atoms with Gasteiger partial charge in [-0.3, -0.25) is 9.59 Å². The molecule has 0 spiro atoms. The minimum atomic E-state index is -3.08. The predicted molar refractivity (Wildman–Crippen MR) is 108 cm³/mol. The fraction of sp³-hybridized carbons (Fsp3) is 0.300. The summed E-state index contributed by atoms with van der Waals surface area (Å²) >= 11 is 0. The summed E-state index contributed by atoms with van der Waals surface area (Å²) in [7, 11) is -0.0873. The number of methoxy groups -OCH3 is 2. The van der Waals surface area contributed by atoms with Gasteiger partial charge in [0.15, 0.2) is 21.3 Å². The first-order chi connectivity index (χ1) is 13.8. The van der Waals surface area contributed by atoms with Gasteiger partial charge in [-0.2, -0.15) is 0 Å². The fourth-order valence-corrected chi connectivity index (χ4v) is 4.77. The zero-order chi connectivity index (χ0) is 21.0. The summed E-state index contributed by atoms with van der Waals surface area (Å²) in [6.45, 7) is 0. The molecule has 0 aliphatic carbocycles. The number of carbonyl (C=O) groups excluding carboxylic acids is 2. The van der Waals surface area contributed by atoms with E-state index >= 15 is 0 Å². The van der Waals surface area contributed by atoms with Crippen LogP contribution in [-0.2, 0) is 9.84 Å². The largest absolute Gasteiger partial charge is 0.493 e. The van der Waals surface area contributed by atoms with Crippen molar-refractivity contribution >= 4 is 27.3 Å². The summed E-state index contributed by atoms with van der Waals surface area (Å²) in [6, 6.07) is 10.9. The van der Waals surface area contributed by atoms with Crippen LogP contribution in [0.4, 0.5) is 5.69 Å². The topological polar surface area (TPSA) is 111 Å². The molecule has 1 aliphatic heterocycles. The van der Waals surface area contributed by atoms with Crippen molar-refractivity contribution in [2.24, 2.45) is 0 Å². The Kier molecular flexibility index (Phi) is 6.07. The zero-order valence-corrected chi connectivity index (χ0v) is 16.9. The number of carbonyl (C=O) groups is 2. The molecule has 0 unspecified atom stereocenters. The minimum absolute atomic E-state index is 0.0472. The van der Waals surface area contributed by atoms with Crippen molar-refractivity contribution in [1.82, 2.24) is 5.32 Å². The Morgan fingerprint density at radius 3 is 2.34 bits per heavy atom. The number of anilines is 1. The van der Waals surface area contributed by atoms with Crippen LogP contribution in [0.2, 0.25) is 0 Å². The highest BCUT2D eigenvalue weighted by atomic mass is 32.2. The molecule has 2 aromatic rings. The Morgan fingerprint density at radius 1 is 0.966 bits per heavy atom. The molecule has 8 nitrogen and oxygen atoms in total. The van der Waals surface area contributed by atoms with E-state index in [0.717, 1.165) is 0 Å². The molecule has 9 heteroatoms. The molecule has 2 aromatic carbocycles. The van der Waals surface area contributed by atoms with Crippen LogP contribution >= 0.6 is 0 Å². The molecule has 0 saturated carbocycles. The number of amides is 2. The maximum Gasteiger partial charge on any atom is 0.255 e. The molecular formula is C20H22N2O6S. The number of hydrogen-bond acceptors (Lipinski definition) is 6. The quantitative estimate of drug-likeness (QED) is 0.741. The Hall–Kier alpha value is -3.07. The summed E-state index contributed by atoms with van der Waals surface area (Å²) in [6.07, 6.45) is 0.407. The van der Waals surface area contributed by atoms with Crippen molar-refractivity contribution in [3.63, 3.8) is 0 Å². The SMILES string of the molecule is COc1ccc(C(=O)Nc2cccc(C(=O)N[C@@H]3CCS(=O)(=O)C3)c2)cc1OC. The summed E-state index contributed by atoms with van der Waals surface area (Å²) in [5.74, 6) is 0.226. The van der Waals surface area contributed by atoms with E-state index < -0.39 is 15.9 Å². The molecule has 1 saturated heterocycles. The average Bonchev–Trinajstić information content (AvgIpc) is 3.05. The lowest BCUT2D eigenvalue weighted by Crippen LogP contribution is -2.35. The molecule has 0 bridgehead atoms. The predicted octanol–water partition coefficient (Wildman–Crippen LogP) is 1.87. The van der Waals surface area contributed by atoms with Gasteiger partial charge in [0.1, 0.15) is 0 Å². The van der Waals surface area contributed by atoms with Crippen LogP contribution in [0.15, 0.2) is 42.5 Å². The normalized spacial score (nSPS) is 17.4. The van der Waals surface area contributed by atoms with Gasteiger partial charge in [-0.1, -0.05) is 6.07 Å². The van der Waals surface area contributed by atoms with E-state index in [1.807, 2.05) is 0 Å². The second-order valence-corrected chi connectivity index (χ2v) is 8.91. The zero-order valence-electron chi connectivity index (χ0n) is 16.1. The van der Waals surface area contributed by atoms with E-state index in [0.29, 0.717) is 34.7 Å². The third kappa shape index (κ3) is 5.05. The number of hydrogen-bond donors (Lipinski definition) is 2. The number of nitrogens with one attached hydrogen (secondary N) is 2. The Morgan fingerprint density at radius 2 is 1.69 bits per heavy atom. The van der Waals surface area contributed by atoms with Gasteiger partial charge in [0.2, 0.25) is 0 Å². The lowest BCUT2D eigenvalue weighted by molar-refractivity contribution is 0.0940. The van der Waals surface area contributed by atoms with E-state index in [1.54, 1.807) is 36.4 Å². The first-order valence-corrected chi connectivity index (χ1v) is 10.8. The van der Waals surface area contributed by atoms with Crippen LogP contribution in [0.5, 0.6) is 11.5 Å². The first kappa shape index (κ1) is 20.7. The van der Waals surface area contributed by atoms with Crippen molar-refractivity contribution in [2.75, 3.05) is 31.0 Å². The maximum absolute atomic E-state index is 12.5. The number of sulfone groups is 1. The van der Waals surface area contributed by atoms with Gasteiger partial charge in [0.05, 0.1) is 25.7 Å². The third-order valence-corrected chi connectivity index (χ3v) is 6.36. The Bertz CT molecular complexity index is 1040. The van der Waals surface area contributed by atoms with Crippen LogP contribution in [0.1, 0.15) is 27.1 Å². The highest BCUT2D eigenvalue weighted by Gasteiger charge is 2.29. The highest BCUT2D eigenvalue weighted by Crippen LogP contribution is 2.28. The fourth-order valence-electron chi connectivity index (χ4n) is 3.10. The molecular weight excluding hydrogens is 396 g/mol. The first-order valence-electron chi connectivity index (χ1n) is 8.96. The number of rotatable bonds is 6. The molecule has 29 heavy (non-hydrogen) atoms. The van der Waals surface area contributed by atoms with Crippen molar-refractivity contribution in [3.05, 3.63) is 53.6 Å². The minimum Gasteiger partial charge on any atom is -0.493 e. The van der Waals surface area contributed by atoms with Gasteiger partial charge in [-0.05, 0) is 42.8 Å². The van der Waals surface area contributed by atoms with Crippen LogP contribution in [0, 0.1) is 0 Å². The monoisotopic (exact) mass is 418 g/mol. The molecule has 3 rings (SSSR count). The molecule has 1 atom stereocenters. The maximum atomic E-state index is 12.5. The molecule has 1 heterocycles. The van der Waals surface area contributed by atoms with E-state index in [9.17, 15) is 18.0 Å². The van der Waals surface area contributed by atoms with Gasteiger partial charge in [0, 0.05) is 22.9 Å². The number of benzene rings is 2. The smallest absolute Gasteiger partial charge is 0.255 e. The van der Waals surface area contributed by atoms with Crippen LogP contribution in [0.25, 0.3) is 0 Å². The summed E-state index contributed by atoms with van der Waals surface area (Å²) in [5, 5.41) is 5.47. The highest BCUT2D eigenvalue weighted by molar-refractivity contribution is 7.91. The summed E-state index contributed by atoms with van der Waals surface area (Å²) in [4.78, 5) is 25.0. The second-order valence-electron chi connectivity index (χ2n) is 6.68. The van der Waals surface area contributed by atoms with Crippen molar-refractivity contribution < 1.29 is 27.5 Å². The van der Waals surface area contributed by atoms with Gasteiger partial charge < -0.3 is 20.1 Å². The average molecular weight is 418 g/mol. The van der Waals surface area contributed by atoms with Crippen LogP contribution < -0.4 is 20.1 Å². The van der Waals surface area contributed by atoms with E-state index in [-0.39, 0.29) is 23.3 Å². The second kappa shape index (κ2) is 8.52. The van der Waals surface area contributed by atoms with Crippen LogP contribution in [0.3, 0.4) is 0 Å². The summed E-state index contributed by atoms with van der Waals surface area (Å²) < 4.78 is 33.4. The van der Waals surface area contributed by atoms with Gasteiger partial charge >= 0.3 is 0 Å². The molecule has 1 aliphatic rings. The molecule has 0 aromatic heterocycles.